The smallest absolute Gasteiger partial charge is 0.0441 e. The van der Waals surface area contributed by atoms with Gasteiger partial charge < -0.3 is 0 Å². The fraction of sp³-hybridized carbons (Fsp3) is 0.625. The van der Waals surface area contributed by atoms with Crippen molar-refractivity contribution in [2.45, 2.75) is 39.0 Å². The second kappa shape index (κ2) is 5.66. The highest BCUT2D eigenvalue weighted by Crippen LogP contribution is 2.26. The van der Waals surface area contributed by atoms with Gasteiger partial charge in [-0.15, -0.1) is 11.8 Å². The van der Waals surface area contributed by atoms with Gasteiger partial charge in [0.1, 0.15) is 0 Å². The van der Waals surface area contributed by atoms with Crippen LogP contribution in [0.1, 0.15) is 37.5 Å². The third-order valence-corrected chi connectivity index (χ3v) is 4.40. The van der Waals surface area contributed by atoms with E-state index in [0.29, 0.717) is 0 Å². The molecule has 1 aliphatic heterocycles. The lowest BCUT2D eigenvalue weighted by molar-refractivity contribution is 0.338. The Kier molecular flexibility index (Phi) is 4.39. The van der Waals surface area contributed by atoms with Crippen LogP contribution in [-0.4, -0.2) is 30.1 Å². The maximum Gasteiger partial charge on any atom is 0.0441 e. The quantitative estimate of drug-likeness (QED) is 0.800. The van der Waals surface area contributed by atoms with Crippen molar-refractivity contribution in [1.29, 1.82) is 0 Å². The Morgan fingerprint density at radius 1 is 1.11 bits per heavy atom. The highest BCUT2D eigenvalue weighted by molar-refractivity contribution is 7.98. The number of hydrogen-bond donors (Lipinski definition) is 0. The lowest BCUT2D eigenvalue weighted by Crippen LogP contribution is -2.25. The highest BCUT2D eigenvalue weighted by Gasteiger charge is 2.18. The molecule has 1 heterocycles. The minimum atomic E-state index is 0.264. The Labute approximate surface area is 116 Å². The highest BCUT2D eigenvalue weighted by atomic mass is 32.2. The van der Waals surface area contributed by atoms with Crippen molar-refractivity contribution in [2.24, 2.45) is 0 Å². The molecule has 1 nitrogen and oxygen atoms in total. The summed E-state index contributed by atoms with van der Waals surface area (Å²) in [6, 6.07) is 7.12. The summed E-state index contributed by atoms with van der Waals surface area (Å²) in [7, 11) is 0. The predicted octanol–water partition coefficient (Wildman–Crippen LogP) is 3.71. The van der Waals surface area contributed by atoms with Crippen LogP contribution in [-0.2, 0) is 18.3 Å². The summed E-state index contributed by atoms with van der Waals surface area (Å²) < 4.78 is 0. The van der Waals surface area contributed by atoms with Crippen molar-refractivity contribution in [1.82, 2.24) is 4.90 Å². The molecule has 0 aliphatic carbocycles. The Balaban J connectivity index is 2.18. The largest absolute Gasteiger partial charge is 0.293 e. The summed E-state index contributed by atoms with van der Waals surface area (Å²) in [6.07, 6.45) is 4.61. The molecule has 0 N–H and O–H groups in total. The van der Waals surface area contributed by atoms with E-state index in [0.717, 1.165) is 0 Å². The van der Waals surface area contributed by atoms with E-state index >= 15 is 0 Å². The molecular formula is C16H25NS. The molecule has 0 saturated heterocycles. The molecule has 0 unspecified atom stereocenters. The average Bonchev–Trinajstić information content (AvgIpc) is 2.51. The molecule has 2 rings (SSSR count). The average molecular weight is 263 g/mol. The van der Waals surface area contributed by atoms with E-state index in [-0.39, 0.29) is 5.41 Å². The van der Waals surface area contributed by atoms with Crippen molar-refractivity contribution >= 4 is 11.8 Å². The van der Waals surface area contributed by atoms with Crippen LogP contribution in [0.2, 0.25) is 0 Å². The first-order chi connectivity index (χ1) is 8.50. The van der Waals surface area contributed by atoms with Crippen LogP contribution in [0, 0.1) is 0 Å². The fourth-order valence-electron chi connectivity index (χ4n) is 2.55. The van der Waals surface area contributed by atoms with Crippen molar-refractivity contribution in [2.75, 3.05) is 25.2 Å². The first kappa shape index (κ1) is 14.0. The summed E-state index contributed by atoms with van der Waals surface area (Å²) in [4.78, 5) is 2.57. The number of fused-ring (bicyclic) bond motifs is 1. The number of thioether (sulfide) groups is 1. The number of benzene rings is 1. The van der Waals surface area contributed by atoms with Crippen molar-refractivity contribution < 1.29 is 0 Å². The molecular weight excluding hydrogens is 238 g/mol. The minimum absolute atomic E-state index is 0.264. The van der Waals surface area contributed by atoms with E-state index < -0.39 is 0 Å². The van der Waals surface area contributed by atoms with Crippen molar-refractivity contribution in [3.8, 4) is 0 Å². The van der Waals surface area contributed by atoms with Gasteiger partial charge in [-0.1, -0.05) is 39.0 Å². The zero-order chi connectivity index (χ0) is 13.2. The Bertz CT molecular complexity index is 406. The van der Waals surface area contributed by atoms with Crippen molar-refractivity contribution in [3.63, 3.8) is 0 Å². The van der Waals surface area contributed by atoms with Gasteiger partial charge in [0, 0.05) is 19.0 Å². The molecule has 18 heavy (non-hydrogen) atoms. The van der Waals surface area contributed by atoms with Gasteiger partial charge >= 0.3 is 0 Å². The predicted molar refractivity (Wildman–Crippen MR) is 82.5 cm³/mol. The van der Waals surface area contributed by atoms with Gasteiger partial charge in [-0.05, 0) is 41.2 Å². The SMILES string of the molecule is CSCN1CCc2ccc(C(C)(C)C)cc2CC1. The van der Waals surface area contributed by atoms with Crippen LogP contribution < -0.4 is 0 Å². The van der Waals surface area contributed by atoms with Crippen LogP contribution in [0.5, 0.6) is 0 Å². The molecule has 0 bridgehead atoms. The molecule has 100 valence electrons. The lowest BCUT2D eigenvalue weighted by atomic mass is 9.84. The van der Waals surface area contributed by atoms with E-state index in [4.69, 9.17) is 0 Å². The first-order valence-corrected chi connectivity index (χ1v) is 8.23. The van der Waals surface area contributed by atoms with Crippen molar-refractivity contribution in [3.05, 3.63) is 34.9 Å². The van der Waals surface area contributed by atoms with Crippen LogP contribution in [0.15, 0.2) is 18.2 Å². The lowest BCUT2D eigenvalue weighted by Gasteiger charge is -2.21. The molecule has 0 fully saturated rings. The second-order valence-electron chi connectivity index (χ2n) is 6.27. The van der Waals surface area contributed by atoms with E-state index in [1.807, 2.05) is 11.8 Å². The van der Waals surface area contributed by atoms with Crippen LogP contribution in [0.4, 0.5) is 0 Å². The van der Waals surface area contributed by atoms with Crippen LogP contribution >= 0.6 is 11.8 Å². The van der Waals surface area contributed by atoms with Gasteiger partial charge in [0.05, 0.1) is 0 Å². The fourth-order valence-corrected chi connectivity index (χ4v) is 3.17. The monoisotopic (exact) mass is 263 g/mol. The minimum Gasteiger partial charge on any atom is -0.293 e. The summed E-state index contributed by atoms with van der Waals surface area (Å²) in [5, 5.41) is 0. The molecule has 0 atom stereocenters. The summed E-state index contributed by atoms with van der Waals surface area (Å²) in [6.45, 7) is 9.31. The molecule has 0 spiro atoms. The van der Waals surface area contributed by atoms with E-state index in [1.54, 1.807) is 11.1 Å². The molecule has 0 aromatic heterocycles. The Morgan fingerprint density at radius 3 is 2.39 bits per heavy atom. The molecule has 0 amide bonds. The number of hydrogen-bond acceptors (Lipinski definition) is 2. The number of rotatable bonds is 2. The molecule has 1 aromatic rings. The summed E-state index contributed by atoms with van der Waals surface area (Å²) in [5.74, 6) is 1.17. The topological polar surface area (TPSA) is 3.24 Å². The second-order valence-corrected chi connectivity index (χ2v) is 7.10. The zero-order valence-electron chi connectivity index (χ0n) is 12.1. The van der Waals surface area contributed by atoms with Gasteiger partial charge in [0.15, 0.2) is 0 Å². The summed E-state index contributed by atoms with van der Waals surface area (Å²) in [5.41, 5.74) is 4.87. The molecule has 2 heteroatoms. The zero-order valence-corrected chi connectivity index (χ0v) is 12.9. The first-order valence-electron chi connectivity index (χ1n) is 6.84. The van der Waals surface area contributed by atoms with Crippen LogP contribution in [0.25, 0.3) is 0 Å². The third-order valence-electron chi connectivity index (χ3n) is 3.78. The van der Waals surface area contributed by atoms with E-state index in [2.05, 4.69) is 50.1 Å². The maximum absolute atomic E-state index is 2.57. The molecule has 1 aromatic carbocycles. The van der Waals surface area contributed by atoms with Gasteiger partial charge in [-0.3, -0.25) is 4.90 Å². The molecule has 1 aliphatic rings. The standard InChI is InChI=1S/C16H25NS/c1-16(2,3)15-6-5-13-7-9-17(12-18-4)10-8-14(13)11-15/h5-6,11H,7-10,12H2,1-4H3. The van der Waals surface area contributed by atoms with Gasteiger partial charge in [0.25, 0.3) is 0 Å². The van der Waals surface area contributed by atoms with Gasteiger partial charge in [-0.2, -0.15) is 0 Å². The Hall–Kier alpha value is -0.470. The summed E-state index contributed by atoms with van der Waals surface area (Å²) >= 11 is 1.93. The molecule has 0 saturated carbocycles. The van der Waals surface area contributed by atoms with E-state index in [1.165, 1.54) is 37.4 Å². The van der Waals surface area contributed by atoms with Gasteiger partial charge in [0.2, 0.25) is 0 Å². The molecule has 0 radical (unpaired) electrons. The Morgan fingerprint density at radius 2 is 1.78 bits per heavy atom. The van der Waals surface area contributed by atoms with E-state index in [9.17, 15) is 0 Å². The maximum atomic E-state index is 2.57. The normalized spacial score (nSPS) is 17.3. The number of nitrogens with zero attached hydrogens (tertiary/aromatic N) is 1. The van der Waals surface area contributed by atoms with Crippen LogP contribution in [0.3, 0.4) is 0 Å². The van der Waals surface area contributed by atoms with Gasteiger partial charge in [-0.25, -0.2) is 0 Å². The third kappa shape index (κ3) is 3.30.